The predicted molar refractivity (Wildman–Crippen MR) is 154 cm³/mol. The minimum absolute atomic E-state index is 0.787. The highest BCUT2D eigenvalue weighted by atomic mass is 14.3. The van der Waals surface area contributed by atoms with E-state index in [1.807, 2.05) is 0 Å². The van der Waals surface area contributed by atoms with Crippen LogP contribution in [-0.4, -0.2) is 0 Å². The van der Waals surface area contributed by atoms with Gasteiger partial charge in [0.25, 0.3) is 0 Å². The van der Waals surface area contributed by atoms with Crippen LogP contribution in [0.1, 0.15) is 146 Å². The highest BCUT2D eigenvalue weighted by Crippen LogP contribution is 2.40. The summed E-state index contributed by atoms with van der Waals surface area (Å²) in [6.07, 6.45) is 24.2. The lowest BCUT2D eigenvalue weighted by Gasteiger charge is -2.29. The van der Waals surface area contributed by atoms with Gasteiger partial charge in [-0.3, -0.25) is 0 Å². The SMILES string of the molecule is CCCCCC[C@H]1CC[C@H](c2ccc(-c3ccc([C@H]4CC[C@H](CCCCC)CC4)cc3)cc2)CC1. The van der Waals surface area contributed by atoms with Gasteiger partial charge in [-0.05, 0) is 97.3 Å². The third kappa shape index (κ3) is 7.96. The van der Waals surface area contributed by atoms with Gasteiger partial charge < -0.3 is 0 Å². The van der Waals surface area contributed by atoms with Crippen LogP contribution in [0, 0.1) is 11.8 Å². The third-order valence-corrected chi connectivity index (χ3v) is 9.47. The number of unbranched alkanes of at least 4 members (excludes halogenated alkanes) is 5. The Morgan fingerprint density at radius 3 is 1.23 bits per heavy atom. The summed E-state index contributed by atoms with van der Waals surface area (Å²) in [5.41, 5.74) is 5.91. The topological polar surface area (TPSA) is 0 Å². The Morgan fingerprint density at radius 1 is 0.457 bits per heavy atom. The number of hydrogen-bond donors (Lipinski definition) is 0. The van der Waals surface area contributed by atoms with Gasteiger partial charge in [-0.1, -0.05) is 120 Å². The van der Waals surface area contributed by atoms with E-state index in [2.05, 4.69) is 62.4 Å². The van der Waals surface area contributed by atoms with Crippen molar-refractivity contribution in [2.24, 2.45) is 11.8 Å². The third-order valence-electron chi connectivity index (χ3n) is 9.47. The number of hydrogen-bond acceptors (Lipinski definition) is 0. The molecule has 35 heavy (non-hydrogen) atoms. The van der Waals surface area contributed by atoms with Crippen molar-refractivity contribution >= 4 is 0 Å². The summed E-state index contributed by atoms with van der Waals surface area (Å²) < 4.78 is 0. The second-order valence-electron chi connectivity index (χ2n) is 12.0. The Bertz CT molecular complexity index is 813. The summed E-state index contributed by atoms with van der Waals surface area (Å²) in [7, 11) is 0. The van der Waals surface area contributed by atoms with Gasteiger partial charge in [-0.15, -0.1) is 0 Å². The lowest BCUT2D eigenvalue weighted by molar-refractivity contribution is 0.302. The smallest absolute Gasteiger partial charge is 0.0162 e. The normalized spacial score (nSPS) is 25.0. The molecular weight excluding hydrogens is 420 g/mol. The second-order valence-corrected chi connectivity index (χ2v) is 12.0. The first kappa shape index (κ1) is 26.5. The lowest BCUT2D eigenvalue weighted by atomic mass is 9.76. The molecular formula is C35H52. The van der Waals surface area contributed by atoms with Gasteiger partial charge in [-0.25, -0.2) is 0 Å². The summed E-state index contributed by atoms with van der Waals surface area (Å²) in [5.74, 6) is 3.57. The molecule has 0 N–H and O–H groups in total. The van der Waals surface area contributed by atoms with Gasteiger partial charge in [0.15, 0.2) is 0 Å². The van der Waals surface area contributed by atoms with E-state index in [1.54, 1.807) is 11.1 Å². The quantitative estimate of drug-likeness (QED) is 0.269. The average molecular weight is 473 g/mol. The summed E-state index contributed by atoms with van der Waals surface area (Å²) in [6, 6.07) is 19.2. The molecule has 2 aliphatic rings. The Hall–Kier alpha value is -1.56. The molecule has 0 spiro atoms. The van der Waals surface area contributed by atoms with Crippen molar-refractivity contribution in [3.63, 3.8) is 0 Å². The van der Waals surface area contributed by atoms with Crippen LogP contribution in [0.4, 0.5) is 0 Å². The summed E-state index contributed by atoms with van der Waals surface area (Å²) >= 11 is 0. The van der Waals surface area contributed by atoms with Crippen molar-refractivity contribution in [2.75, 3.05) is 0 Å². The minimum atomic E-state index is 0.787. The number of benzene rings is 2. The van der Waals surface area contributed by atoms with Crippen molar-refractivity contribution in [3.05, 3.63) is 59.7 Å². The van der Waals surface area contributed by atoms with E-state index in [4.69, 9.17) is 0 Å². The minimum Gasteiger partial charge on any atom is -0.0654 e. The van der Waals surface area contributed by atoms with Crippen LogP contribution in [0.2, 0.25) is 0 Å². The zero-order valence-electron chi connectivity index (χ0n) is 22.9. The van der Waals surface area contributed by atoms with E-state index in [-0.39, 0.29) is 0 Å². The highest BCUT2D eigenvalue weighted by molar-refractivity contribution is 5.64. The van der Waals surface area contributed by atoms with Crippen LogP contribution in [0.15, 0.2) is 48.5 Å². The molecule has 0 bridgehead atoms. The molecule has 0 saturated heterocycles. The largest absolute Gasteiger partial charge is 0.0654 e. The molecule has 4 rings (SSSR count). The predicted octanol–water partition coefficient (Wildman–Crippen LogP) is 11.5. The van der Waals surface area contributed by atoms with E-state index >= 15 is 0 Å². The first-order valence-corrected chi connectivity index (χ1v) is 15.5. The fourth-order valence-electron chi connectivity index (χ4n) is 7.01. The van der Waals surface area contributed by atoms with Crippen molar-refractivity contribution in [2.45, 2.75) is 135 Å². The van der Waals surface area contributed by atoms with Gasteiger partial charge in [0.2, 0.25) is 0 Å². The Balaban J connectivity index is 1.23. The Kier molecular flexibility index (Phi) is 10.8. The molecule has 0 heterocycles. The molecule has 0 aliphatic heterocycles. The zero-order chi connectivity index (χ0) is 24.3. The first-order valence-electron chi connectivity index (χ1n) is 15.5. The first-order chi connectivity index (χ1) is 17.3. The van der Waals surface area contributed by atoms with E-state index in [0.717, 1.165) is 23.7 Å². The molecule has 2 aliphatic carbocycles. The van der Waals surface area contributed by atoms with E-state index < -0.39 is 0 Å². The van der Waals surface area contributed by atoms with Crippen molar-refractivity contribution in [1.82, 2.24) is 0 Å². The van der Waals surface area contributed by atoms with E-state index in [9.17, 15) is 0 Å². The molecule has 2 aromatic rings. The summed E-state index contributed by atoms with van der Waals surface area (Å²) in [6.45, 7) is 4.63. The van der Waals surface area contributed by atoms with Crippen LogP contribution in [0.5, 0.6) is 0 Å². The fraction of sp³-hybridized carbons (Fsp3) is 0.657. The van der Waals surface area contributed by atoms with Gasteiger partial charge in [0, 0.05) is 0 Å². The van der Waals surface area contributed by atoms with Gasteiger partial charge in [0.05, 0.1) is 0 Å². The maximum atomic E-state index is 2.43. The monoisotopic (exact) mass is 472 g/mol. The highest BCUT2D eigenvalue weighted by Gasteiger charge is 2.23. The zero-order valence-corrected chi connectivity index (χ0v) is 22.9. The van der Waals surface area contributed by atoms with Gasteiger partial charge in [0.1, 0.15) is 0 Å². The summed E-state index contributed by atoms with van der Waals surface area (Å²) in [5, 5.41) is 0. The van der Waals surface area contributed by atoms with Gasteiger partial charge >= 0.3 is 0 Å². The molecule has 0 nitrogen and oxygen atoms in total. The lowest BCUT2D eigenvalue weighted by Crippen LogP contribution is -2.13. The van der Waals surface area contributed by atoms with Crippen molar-refractivity contribution < 1.29 is 0 Å². The van der Waals surface area contributed by atoms with Crippen LogP contribution < -0.4 is 0 Å². The van der Waals surface area contributed by atoms with Crippen LogP contribution in [-0.2, 0) is 0 Å². The number of rotatable bonds is 12. The second kappa shape index (κ2) is 14.2. The molecule has 0 radical (unpaired) electrons. The fourth-order valence-corrected chi connectivity index (χ4v) is 7.01. The van der Waals surface area contributed by atoms with Crippen LogP contribution >= 0.6 is 0 Å². The molecule has 2 aromatic carbocycles. The molecule has 0 amide bonds. The van der Waals surface area contributed by atoms with Crippen molar-refractivity contribution in [1.29, 1.82) is 0 Å². The molecule has 0 aromatic heterocycles. The van der Waals surface area contributed by atoms with Gasteiger partial charge in [-0.2, -0.15) is 0 Å². The molecule has 0 heteroatoms. The summed E-state index contributed by atoms with van der Waals surface area (Å²) in [4.78, 5) is 0. The van der Waals surface area contributed by atoms with E-state index in [0.29, 0.717) is 0 Å². The van der Waals surface area contributed by atoms with Crippen molar-refractivity contribution in [3.8, 4) is 11.1 Å². The Morgan fingerprint density at radius 2 is 0.829 bits per heavy atom. The van der Waals surface area contributed by atoms with Crippen LogP contribution in [0.3, 0.4) is 0 Å². The molecule has 2 saturated carbocycles. The maximum Gasteiger partial charge on any atom is -0.0162 e. The van der Waals surface area contributed by atoms with E-state index in [1.165, 1.54) is 120 Å². The standard InChI is InChI=1S/C35H52/c1-3-5-7-9-11-29-14-18-31(19-15-29)33-22-26-35(27-23-33)34-24-20-32(21-25-34)30-16-12-28(13-17-30)10-8-6-4-2/h20-31H,3-19H2,1-2H3/t28-,29-,30-,31-. The molecule has 0 atom stereocenters. The van der Waals surface area contributed by atoms with Crippen LogP contribution in [0.25, 0.3) is 11.1 Å². The maximum absolute atomic E-state index is 2.43. The average Bonchev–Trinajstić information content (AvgIpc) is 2.92. The molecule has 2 fully saturated rings. The Labute approximate surface area is 217 Å². The molecule has 0 unspecified atom stereocenters. The molecule has 192 valence electrons.